The molecule has 0 amide bonds. The van der Waals surface area contributed by atoms with Crippen LogP contribution in [0.15, 0.2) is 22.7 Å². The highest BCUT2D eigenvalue weighted by Crippen LogP contribution is 2.28. The first-order valence-electron chi connectivity index (χ1n) is 4.13. The van der Waals surface area contributed by atoms with Crippen LogP contribution in [0, 0.1) is 0 Å². The summed E-state index contributed by atoms with van der Waals surface area (Å²) in [5, 5.41) is 0. The van der Waals surface area contributed by atoms with Crippen LogP contribution in [0.3, 0.4) is 0 Å². The third-order valence-electron chi connectivity index (χ3n) is 2.26. The zero-order valence-corrected chi connectivity index (χ0v) is 8.60. The van der Waals surface area contributed by atoms with Crippen LogP contribution in [-0.2, 0) is 11.3 Å². The lowest BCUT2D eigenvalue weighted by molar-refractivity contribution is 0.0950. The zero-order chi connectivity index (χ0) is 8.55. The lowest BCUT2D eigenvalue weighted by atomic mass is 9.95. The molecule has 0 saturated heterocycles. The Labute approximate surface area is 80.9 Å². The molecule has 0 saturated carbocycles. The van der Waals surface area contributed by atoms with Crippen molar-refractivity contribution in [1.29, 1.82) is 0 Å². The second kappa shape index (κ2) is 3.19. The van der Waals surface area contributed by atoms with E-state index in [4.69, 9.17) is 4.74 Å². The molecule has 0 aromatic heterocycles. The molecular formula is C10H11BrO. The van der Waals surface area contributed by atoms with E-state index in [2.05, 4.69) is 41.1 Å². The van der Waals surface area contributed by atoms with Crippen LogP contribution < -0.4 is 0 Å². The van der Waals surface area contributed by atoms with E-state index in [0.717, 1.165) is 17.7 Å². The van der Waals surface area contributed by atoms with Crippen molar-refractivity contribution in [3.8, 4) is 0 Å². The Morgan fingerprint density at radius 1 is 1.50 bits per heavy atom. The van der Waals surface area contributed by atoms with Crippen molar-refractivity contribution in [2.45, 2.75) is 19.4 Å². The molecule has 1 aliphatic heterocycles. The fourth-order valence-electron chi connectivity index (χ4n) is 1.59. The number of benzene rings is 1. The van der Waals surface area contributed by atoms with Crippen LogP contribution in [0.5, 0.6) is 0 Å². The Morgan fingerprint density at radius 2 is 2.33 bits per heavy atom. The smallest absolute Gasteiger partial charge is 0.0719 e. The average molecular weight is 227 g/mol. The lowest BCUT2D eigenvalue weighted by Gasteiger charge is -2.22. The van der Waals surface area contributed by atoms with Crippen molar-refractivity contribution in [3.63, 3.8) is 0 Å². The number of fused-ring (bicyclic) bond motifs is 1. The molecule has 0 radical (unpaired) electrons. The van der Waals surface area contributed by atoms with E-state index in [0.29, 0.717) is 5.92 Å². The van der Waals surface area contributed by atoms with E-state index in [-0.39, 0.29) is 0 Å². The van der Waals surface area contributed by atoms with E-state index in [1.165, 1.54) is 11.1 Å². The van der Waals surface area contributed by atoms with E-state index in [1.54, 1.807) is 0 Å². The SMILES string of the molecule is CC1COCc2ccc(Br)cc21. The van der Waals surface area contributed by atoms with Crippen molar-refractivity contribution in [2.75, 3.05) is 6.61 Å². The average Bonchev–Trinajstić information content (AvgIpc) is 2.07. The van der Waals surface area contributed by atoms with Gasteiger partial charge in [-0.3, -0.25) is 0 Å². The molecule has 2 rings (SSSR count). The van der Waals surface area contributed by atoms with Gasteiger partial charge in [0.15, 0.2) is 0 Å². The van der Waals surface area contributed by atoms with Crippen LogP contribution in [0.4, 0.5) is 0 Å². The van der Waals surface area contributed by atoms with Crippen LogP contribution >= 0.6 is 15.9 Å². The van der Waals surface area contributed by atoms with Gasteiger partial charge >= 0.3 is 0 Å². The molecule has 1 heterocycles. The standard InChI is InChI=1S/C10H11BrO/c1-7-5-12-6-8-2-3-9(11)4-10(7)8/h2-4,7H,5-6H2,1H3. The van der Waals surface area contributed by atoms with Crippen LogP contribution in [-0.4, -0.2) is 6.61 Å². The summed E-state index contributed by atoms with van der Waals surface area (Å²) in [6.45, 7) is 3.82. The largest absolute Gasteiger partial charge is 0.376 e. The van der Waals surface area contributed by atoms with Crippen molar-refractivity contribution in [1.82, 2.24) is 0 Å². The van der Waals surface area contributed by atoms with E-state index < -0.39 is 0 Å². The maximum absolute atomic E-state index is 5.43. The van der Waals surface area contributed by atoms with Gasteiger partial charge in [-0.2, -0.15) is 0 Å². The second-order valence-electron chi connectivity index (χ2n) is 3.26. The molecule has 12 heavy (non-hydrogen) atoms. The molecule has 0 fully saturated rings. The molecule has 1 atom stereocenters. The Balaban J connectivity index is 2.47. The van der Waals surface area contributed by atoms with Gasteiger partial charge in [-0.1, -0.05) is 28.9 Å². The van der Waals surface area contributed by atoms with Crippen LogP contribution in [0.25, 0.3) is 0 Å². The molecule has 2 heteroatoms. The molecule has 64 valence electrons. The molecule has 1 aromatic rings. The van der Waals surface area contributed by atoms with Gasteiger partial charge < -0.3 is 4.74 Å². The van der Waals surface area contributed by atoms with Gasteiger partial charge in [-0.15, -0.1) is 0 Å². The van der Waals surface area contributed by atoms with Crippen molar-refractivity contribution >= 4 is 15.9 Å². The minimum absolute atomic E-state index is 0.534. The Morgan fingerprint density at radius 3 is 3.17 bits per heavy atom. The summed E-state index contributed by atoms with van der Waals surface area (Å²) in [5.41, 5.74) is 2.76. The minimum atomic E-state index is 0.534. The molecule has 0 spiro atoms. The number of ether oxygens (including phenoxy) is 1. The highest BCUT2D eigenvalue weighted by atomic mass is 79.9. The summed E-state index contributed by atoms with van der Waals surface area (Å²) < 4.78 is 6.59. The summed E-state index contributed by atoms with van der Waals surface area (Å²) in [6, 6.07) is 6.40. The van der Waals surface area contributed by atoms with E-state index in [1.807, 2.05) is 0 Å². The highest BCUT2D eigenvalue weighted by molar-refractivity contribution is 9.10. The Bertz CT molecular complexity index is 296. The first-order valence-corrected chi connectivity index (χ1v) is 4.93. The normalized spacial score (nSPS) is 22.0. The summed E-state index contributed by atoms with van der Waals surface area (Å²) in [7, 11) is 0. The summed E-state index contributed by atoms with van der Waals surface area (Å²) in [5.74, 6) is 0.534. The van der Waals surface area contributed by atoms with Crippen molar-refractivity contribution in [3.05, 3.63) is 33.8 Å². The van der Waals surface area contributed by atoms with Gasteiger partial charge in [-0.05, 0) is 23.3 Å². The summed E-state index contributed by atoms with van der Waals surface area (Å²) in [4.78, 5) is 0. The number of hydrogen-bond acceptors (Lipinski definition) is 1. The third kappa shape index (κ3) is 1.41. The monoisotopic (exact) mass is 226 g/mol. The molecule has 1 nitrogen and oxygen atoms in total. The van der Waals surface area contributed by atoms with Crippen LogP contribution in [0.1, 0.15) is 24.0 Å². The first-order chi connectivity index (χ1) is 5.77. The van der Waals surface area contributed by atoms with Gasteiger partial charge in [0.2, 0.25) is 0 Å². The second-order valence-corrected chi connectivity index (χ2v) is 4.17. The predicted octanol–water partition coefficient (Wildman–Crippen LogP) is 3.08. The quantitative estimate of drug-likeness (QED) is 0.661. The van der Waals surface area contributed by atoms with Gasteiger partial charge in [0.1, 0.15) is 0 Å². The predicted molar refractivity (Wildman–Crippen MR) is 52.2 cm³/mol. The summed E-state index contributed by atoms with van der Waals surface area (Å²) in [6.07, 6.45) is 0. The maximum atomic E-state index is 5.43. The zero-order valence-electron chi connectivity index (χ0n) is 7.01. The Kier molecular flexibility index (Phi) is 2.20. The fourth-order valence-corrected chi connectivity index (χ4v) is 1.97. The first kappa shape index (κ1) is 8.27. The van der Waals surface area contributed by atoms with Gasteiger partial charge in [0.05, 0.1) is 13.2 Å². The Hall–Kier alpha value is -0.340. The molecule has 1 aromatic carbocycles. The molecule has 0 N–H and O–H groups in total. The number of rotatable bonds is 0. The molecule has 0 bridgehead atoms. The topological polar surface area (TPSA) is 9.23 Å². The molecule has 0 aliphatic carbocycles. The third-order valence-corrected chi connectivity index (χ3v) is 2.76. The van der Waals surface area contributed by atoms with Gasteiger partial charge in [-0.25, -0.2) is 0 Å². The van der Waals surface area contributed by atoms with Gasteiger partial charge in [0, 0.05) is 10.4 Å². The van der Waals surface area contributed by atoms with Crippen molar-refractivity contribution in [2.24, 2.45) is 0 Å². The van der Waals surface area contributed by atoms with E-state index in [9.17, 15) is 0 Å². The van der Waals surface area contributed by atoms with Gasteiger partial charge in [0.25, 0.3) is 0 Å². The highest BCUT2D eigenvalue weighted by Gasteiger charge is 2.16. The van der Waals surface area contributed by atoms with E-state index >= 15 is 0 Å². The molecular weight excluding hydrogens is 216 g/mol. The van der Waals surface area contributed by atoms with Crippen LogP contribution in [0.2, 0.25) is 0 Å². The minimum Gasteiger partial charge on any atom is -0.376 e. The lowest BCUT2D eigenvalue weighted by Crippen LogP contribution is -2.13. The molecule has 1 unspecified atom stereocenters. The summed E-state index contributed by atoms with van der Waals surface area (Å²) >= 11 is 3.48. The molecule has 1 aliphatic rings. The number of hydrogen-bond donors (Lipinski definition) is 0. The fraction of sp³-hybridized carbons (Fsp3) is 0.400. The maximum Gasteiger partial charge on any atom is 0.0719 e. The number of halogens is 1. The van der Waals surface area contributed by atoms with Crippen molar-refractivity contribution < 1.29 is 4.74 Å².